The molecule has 3 rings (SSSR count). The zero-order chi connectivity index (χ0) is 20.7. The molecule has 0 aromatic heterocycles. The molecule has 0 spiro atoms. The molecule has 2 aromatic rings. The smallest absolute Gasteiger partial charge is 0.251 e. The van der Waals surface area contributed by atoms with Gasteiger partial charge >= 0.3 is 0 Å². The first kappa shape index (κ1) is 21.3. The highest BCUT2D eigenvalue weighted by atomic mass is 32.2. The van der Waals surface area contributed by atoms with Crippen LogP contribution < -0.4 is 10.1 Å². The number of sulfonamides is 1. The highest BCUT2D eigenvalue weighted by Gasteiger charge is 2.24. The van der Waals surface area contributed by atoms with Crippen LogP contribution in [0.4, 0.5) is 0 Å². The van der Waals surface area contributed by atoms with Gasteiger partial charge in [0.25, 0.3) is 5.91 Å². The molecule has 6 nitrogen and oxygen atoms in total. The fourth-order valence-electron chi connectivity index (χ4n) is 3.39. The Morgan fingerprint density at radius 2 is 1.76 bits per heavy atom. The van der Waals surface area contributed by atoms with Crippen LogP contribution in [0.2, 0.25) is 0 Å². The van der Waals surface area contributed by atoms with E-state index in [9.17, 15) is 13.2 Å². The Morgan fingerprint density at radius 1 is 1.03 bits per heavy atom. The summed E-state index contributed by atoms with van der Waals surface area (Å²) >= 11 is 0. The Balaban J connectivity index is 1.56. The van der Waals surface area contributed by atoms with Crippen LogP contribution in [0.15, 0.2) is 48.5 Å². The second-order valence-electron chi connectivity index (χ2n) is 7.18. The lowest BCUT2D eigenvalue weighted by molar-refractivity contribution is 0.0951. The average Bonchev–Trinajstić information content (AvgIpc) is 2.73. The van der Waals surface area contributed by atoms with Gasteiger partial charge in [-0.15, -0.1) is 0 Å². The minimum absolute atomic E-state index is 0.0287. The quantitative estimate of drug-likeness (QED) is 0.716. The van der Waals surface area contributed by atoms with E-state index in [1.165, 1.54) is 0 Å². The maximum Gasteiger partial charge on any atom is 0.251 e. The van der Waals surface area contributed by atoms with Gasteiger partial charge in [0.05, 0.1) is 12.4 Å². The summed E-state index contributed by atoms with van der Waals surface area (Å²) < 4.78 is 32.1. The third-order valence-corrected chi connectivity index (χ3v) is 6.79. The summed E-state index contributed by atoms with van der Waals surface area (Å²) in [4.78, 5) is 12.4. The first-order valence-corrected chi connectivity index (χ1v) is 11.7. The molecular weight excluding hydrogens is 388 g/mol. The summed E-state index contributed by atoms with van der Waals surface area (Å²) in [5, 5.41) is 2.88. The second kappa shape index (κ2) is 9.89. The Labute approximate surface area is 172 Å². The lowest BCUT2D eigenvalue weighted by atomic mass is 10.1. The van der Waals surface area contributed by atoms with E-state index < -0.39 is 10.0 Å². The summed E-state index contributed by atoms with van der Waals surface area (Å²) in [6, 6.07) is 14.4. The van der Waals surface area contributed by atoms with Gasteiger partial charge in [-0.2, -0.15) is 0 Å². The van der Waals surface area contributed by atoms with Crippen molar-refractivity contribution in [3.8, 4) is 5.75 Å². The lowest BCUT2D eigenvalue weighted by Gasteiger charge is -2.25. The Hall–Kier alpha value is -2.38. The van der Waals surface area contributed by atoms with Crippen LogP contribution in [0.1, 0.15) is 47.7 Å². The van der Waals surface area contributed by atoms with Crippen LogP contribution in [-0.4, -0.2) is 38.3 Å². The van der Waals surface area contributed by atoms with Gasteiger partial charge < -0.3 is 10.1 Å². The van der Waals surface area contributed by atoms with Gasteiger partial charge in [0.15, 0.2) is 0 Å². The van der Waals surface area contributed by atoms with Gasteiger partial charge in [-0.1, -0.05) is 30.7 Å². The van der Waals surface area contributed by atoms with Crippen molar-refractivity contribution in [1.29, 1.82) is 0 Å². The molecule has 156 valence electrons. The largest absolute Gasteiger partial charge is 0.494 e. The van der Waals surface area contributed by atoms with Crippen molar-refractivity contribution < 1.29 is 17.9 Å². The van der Waals surface area contributed by atoms with Gasteiger partial charge in [0.2, 0.25) is 10.0 Å². The molecule has 1 N–H and O–H groups in total. The summed E-state index contributed by atoms with van der Waals surface area (Å²) in [6.07, 6.45) is 2.93. The molecule has 1 saturated heterocycles. The predicted octanol–water partition coefficient (Wildman–Crippen LogP) is 3.33. The van der Waals surface area contributed by atoms with Gasteiger partial charge in [0, 0.05) is 25.2 Å². The fourth-order valence-corrected chi connectivity index (χ4v) is 5.00. The van der Waals surface area contributed by atoms with Gasteiger partial charge in [-0.05, 0) is 55.2 Å². The third kappa shape index (κ3) is 6.05. The molecule has 1 aliphatic rings. The van der Waals surface area contributed by atoms with Crippen molar-refractivity contribution in [2.24, 2.45) is 0 Å². The summed E-state index contributed by atoms with van der Waals surface area (Å²) in [5.74, 6) is 0.551. The minimum Gasteiger partial charge on any atom is -0.494 e. The number of nitrogens with zero attached hydrogens (tertiary/aromatic N) is 1. The molecule has 7 heteroatoms. The number of carbonyl (C=O) groups excluding carboxylic acids is 1. The SMILES string of the molecule is CCOc1cccc(CNC(=O)c2ccc(CS(=O)(=O)N3CCCCC3)cc2)c1. The van der Waals surface area contributed by atoms with Crippen molar-refractivity contribution >= 4 is 15.9 Å². The molecule has 0 atom stereocenters. The Kier molecular flexibility index (Phi) is 7.28. The van der Waals surface area contributed by atoms with E-state index in [0.29, 0.717) is 37.4 Å². The maximum absolute atomic E-state index is 12.5. The van der Waals surface area contributed by atoms with Crippen LogP contribution in [0.3, 0.4) is 0 Å². The first-order chi connectivity index (χ1) is 14.0. The number of carbonyl (C=O) groups is 1. The molecule has 0 bridgehead atoms. The molecular formula is C22H28N2O4S. The van der Waals surface area contributed by atoms with E-state index in [2.05, 4.69) is 5.32 Å². The molecule has 1 fully saturated rings. The zero-order valence-electron chi connectivity index (χ0n) is 16.8. The molecule has 0 radical (unpaired) electrons. The van der Waals surface area contributed by atoms with E-state index in [1.807, 2.05) is 31.2 Å². The Morgan fingerprint density at radius 3 is 2.45 bits per heavy atom. The number of amides is 1. The number of rotatable bonds is 8. The molecule has 0 saturated carbocycles. The van der Waals surface area contributed by atoms with E-state index in [0.717, 1.165) is 30.6 Å². The highest BCUT2D eigenvalue weighted by Crippen LogP contribution is 2.18. The number of hydrogen-bond acceptors (Lipinski definition) is 4. The van der Waals surface area contributed by atoms with E-state index >= 15 is 0 Å². The van der Waals surface area contributed by atoms with Gasteiger partial charge in [0.1, 0.15) is 5.75 Å². The molecule has 29 heavy (non-hydrogen) atoms. The highest BCUT2D eigenvalue weighted by molar-refractivity contribution is 7.88. The van der Waals surface area contributed by atoms with E-state index in [1.54, 1.807) is 28.6 Å². The molecule has 0 aliphatic carbocycles. The molecule has 2 aromatic carbocycles. The maximum atomic E-state index is 12.5. The van der Waals surface area contributed by atoms with Crippen LogP contribution in [-0.2, 0) is 22.3 Å². The standard InChI is InChI=1S/C22H28N2O4S/c1-2-28-21-8-6-7-19(15-21)16-23-22(25)20-11-9-18(10-12-20)17-29(26,27)24-13-4-3-5-14-24/h6-12,15H,2-5,13-14,16-17H2,1H3,(H,23,25). The zero-order valence-corrected chi connectivity index (χ0v) is 17.6. The van der Waals surface area contributed by atoms with Crippen molar-refractivity contribution in [3.05, 3.63) is 65.2 Å². The predicted molar refractivity (Wildman–Crippen MR) is 113 cm³/mol. The van der Waals surface area contributed by atoms with Crippen molar-refractivity contribution in [2.45, 2.75) is 38.5 Å². The first-order valence-electron chi connectivity index (χ1n) is 10.0. The van der Waals surface area contributed by atoms with Crippen LogP contribution >= 0.6 is 0 Å². The third-order valence-electron chi connectivity index (χ3n) is 4.94. The number of hydrogen-bond donors (Lipinski definition) is 1. The lowest BCUT2D eigenvalue weighted by Crippen LogP contribution is -2.36. The molecule has 0 unspecified atom stereocenters. The van der Waals surface area contributed by atoms with Gasteiger partial charge in [-0.3, -0.25) is 4.79 Å². The molecule has 1 heterocycles. The van der Waals surface area contributed by atoms with Crippen LogP contribution in [0.5, 0.6) is 5.75 Å². The summed E-state index contributed by atoms with van der Waals surface area (Å²) in [6.45, 7) is 4.12. The summed E-state index contributed by atoms with van der Waals surface area (Å²) in [7, 11) is -3.30. The van der Waals surface area contributed by atoms with Crippen molar-refractivity contribution in [3.63, 3.8) is 0 Å². The fraction of sp³-hybridized carbons (Fsp3) is 0.409. The number of benzene rings is 2. The molecule has 1 amide bonds. The Bertz CT molecular complexity index is 920. The van der Waals surface area contributed by atoms with Crippen molar-refractivity contribution in [2.75, 3.05) is 19.7 Å². The number of nitrogens with one attached hydrogen (secondary N) is 1. The summed E-state index contributed by atoms with van der Waals surface area (Å²) in [5.41, 5.74) is 2.15. The molecule has 1 aliphatic heterocycles. The normalized spacial score (nSPS) is 15.1. The van der Waals surface area contributed by atoms with Crippen molar-refractivity contribution in [1.82, 2.24) is 9.62 Å². The monoisotopic (exact) mass is 416 g/mol. The van der Waals surface area contributed by atoms with Gasteiger partial charge in [-0.25, -0.2) is 12.7 Å². The van der Waals surface area contributed by atoms with Crippen LogP contribution in [0.25, 0.3) is 0 Å². The second-order valence-corrected chi connectivity index (χ2v) is 9.14. The van der Waals surface area contributed by atoms with E-state index in [-0.39, 0.29) is 11.7 Å². The van der Waals surface area contributed by atoms with E-state index in [4.69, 9.17) is 4.74 Å². The minimum atomic E-state index is -3.30. The average molecular weight is 417 g/mol. The van der Waals surface area contributed by atoms with Crippen LogP contribution in [0, 0.1) is 0 Å². The number of piperidine rings is 1. The number of ether oxygens (including phenoxy) is 1. The topological polar surface area (TPSA) is 75.7 Å².